The van der Waals surface area contributed by atoms with Crippen LogP contribution in [-0.4, -0.2) is 11.6 Å². The van der Waals surface area contributed by atoms with Crippen LogP contribution >= 0.6 is 11.8 Å². The van der Waals surface area contributed by atoms with Crippen LogP contribution in [0.4, 0.5) is 0 Å². The summed E-state index contributed by atoms with van der Waals surface area (Å²) in [7, 11) is 0. The molecule has 132 valence electrons. The van der Waals surface area contributed by atoms with Gasteiger partial charge in [0.2, 0.25) is 0 Å². The zero-order valence-electron chi connectivity index (χ0n) is 15.4. The van der Waals surface area contributed by atoms with Crippen molar-refractivity contribution in [3.63, 3.8) is 0 Å². The van der Waals surface area contributed by atoms with Gasteiger partial charge in [0.15, 0.2) is 0 Å². The molecule has 2 aromatic rings. The summed E-state index contributed by atoms with van der Waals surface area (Å²) in [6.07, 6.45) is 0. The number of rotatable bonds is 6. The van der Waals surface area contributed by atoms with Crippen LogP contribution in [0.15, 0.2) is 59.7 Å². The van der Waals surface area contributed by atoms with Gasteiger partial charge in [-0.25, -0.2) is 5.43 Å². The maximum atomic E-state index is 12.2. The summed E-state index contributed by atoms with van der Waals surface area (Å²) in [4.78, 5) is 12.2. The van der Waals surface area contributed by atoms with E-state index in [-0.39, 0.29) is 11.3 Å². The van der Waals surface area contributed by atoms with Crippen LogP contribution in [0.5, 0.6) is 0 Å². The number of hydrogen-bond donors (Lipinski definition) is 1. The third-order valence-corrected chi connectivity index (χ3v) is 5.08. The first-order valence-electron chi connectivity index (χ1n) is 8.42. The SMILES string of the molecule is C/C(=N/NC(=O)c1ccc(CSCc2ccccc2)cc1)C(C)(C)C. The van der Waals surface area contributed by atoms with Gasteiger partial charge in [0.1, 0.15) is 0 Å². The molecule has 2 aromatic carbocycles. The Balaban J connectivity index is 1.85. The Hall–Kier alpha value is -2.07. The predicted octanol–water partition coefficient (Wildman–Crippen LogP) is 5.27. The second-order valence-corrected chi connectivity index (χ2v) is 8.05. The lowest BCUT2D eigenvalue weighted by Gasteiger charge is -2.17. The minimum absolute atomic E-state index is 0.0485. The van der Waals surface area contributed by atoms with Crippen LogP contribution in [0.2, 0.25) is 0 Å². The molecule has 0 saturated heterocycles. The van der Waals surface area contributed by atoms with E-state index in [2.05, 4.69) is 55.6 Å². The molecular weight excluding hydrogens is 328 g/mol. The highest BCUT2D eigenvalue weighted by Crippen LogP contribution is 2.18. The van der Waals surface area contributed by atoms with Crippen molar-refractivity contribution in [2.75, 3.05) is 0 Å². The number of amides is 1. The second kappa shape index (κ2) is 8.86. The molecule has 0 aliphatic carbocycles. The number of thioether (sulfide) groups is 1. The van der Waals surface area contributed by atoms with Gasteiger partial charge in [-0.1, -0.05) is 63.2 Å². The molecule has 0 aliphatic rings. The average molecular weight is 355 g/mol. The van der Waals surface area contributed by atoms with E-state index in [9.17, 15) is 4.79 Å². The van der Waals surface area contributed by atoms with Gasteiger partial charge < -0.3 is 0 Å². The Bertz CT molecular complexity index is 716. The summed E-state index contributed by atoms with van der Waals surface area (Å²) in [5, 5.41) is 4.19. The Morgan fingerprint density at radius 3 is 2.08 bits per heavy atom. The van der Waals surface area contributed by atoms with E-state index < -0.39 is 0 Å². The van der Waals surface area contributed by atoms with E-state index >= 15 is 0 Å². The Kier molecular flexibility index (Phi) is 6.82. The van der Waals surface area contributed by atoms with Gasteiger partial charge in [0, 0.05) is 28.2 Å². The minimum Gasteiger partial charge on any atom is -0.267 e. The van der Waals surface area contributed by atoms with Gasteiger partial charge in [0.25, 0.3) is 5.91 Å². The molecule has 0 atom stereocenters. The Morgan fingerprint density at radius 1 is 0.960 bits per heavy atom. The van der Waals surface area contributed by atoms with Crippen LogP contribution in [0.3, 0.4) is 0 Å². The van der Waals surface area contributed by atoms with Gasteiger partial charge in [-0.15, -0.1) is 0 Å². The van der Waals surface area contributed by atoms with E-state index in [1.165, 1.54) is 11.1 Å². The third kappa shape index (κ3) is 6.39. The molecule has 0 aromatic heterocycles. The number of nitrogens with zero attached hydrogens (tertiary/aromatic N) is 1. The van der Waals surface area contributed by atoms with Crippen LogP contribution < -0.4 is 5.43 Å². The van der Waals surface area contributed by atoms with E-state index in [0.29, 0.717) is 5.56 Å². The average Bonchev–Trinajstić information content (AvgIpc) is 2.60. The first kappa shape index (κ1) is 19.3. The monoisotopic (exact) mass is 354 g/mol. The lowest BCUT2D eigenvalue weighted by molar-refractivity contribution is 0.0954. The highest BCUT2D eigenvalue weighted by molar-refractivity contribution is 7.97. The van der Waals surface area contributed by atoms with Crippen LogP contribution in [0.1, 0.15) is 49.2 Å². The van der Waals surface area contributed by atoms with Crippen molar-refractivity contribution < 1.29 is 4.79 Å². The van der Waals surface area contributed by atoms with E-state index in [0.717, 1.165) is 17.2 Å². The summed E-state index contributed by atoms with van der Waals surface area (Å²) < 4.78 is 0. The first-order chi connectivity index (χ1) is 11.9. The molecule has 0 unspecified atom stereocenters. The fourth-order valence-electron chi connectivity index (χ4n) is 1.98. The van der Waals surface area contributed by atoms with Crippen molar-refractivity contribution in [2.45, 2.75) is 39.2 Å². The van der Waals surface area contributed by atoms with Crippen LogP contribution in [-0.2, 0) is 11.5 Å². The molecule has 3 nitrogen and oxygen atoms in total. The maximum Gasteiger partial charge on any atom is 0.271 e. The fourth-order valence-corrected chi connectivity index (χ4v) is 2.94. The highest BCUT2D eigenvalue weighted by atomic mass is 32.2. The van der Waals surface area contributed by atoms with Crippen molar-refractivity contribution in [3.05, 3.63) is 71.3 Å². The standard InChI is InChI=1S/C21H26N2OS/c1-16(21(2,3)4)22-23-20(24)19-12-10-18(11-13-19)15-25-14-17-8-6-5-7-9-17/h5-13H,14-15H2,1-4H3,(H,23,24)/b22-16-. The zero-order valence-corrected chi connectivity index (χ0v) is 16.2. The lowest BCUT2D eigenvalue weighted by atomic mass is 9.91. The maximum absolute atomic E-state index is 12.2. The molecular formula is C21H26N2OS. The number of carbonyl (C=O) groups excluding carboxylic acids is 1. The number of hydrogen-bond acceptors (Lipinski definition) is 3. The molecule has 1 N–H and O–H groups in total. The summed E-state index contributed by atoms with van der Waals surface area (Å²) >= 11 is 1.87. The van der Waals surface area contributed by atoms with Crippen molar-refractivity contribution in [1.29, 1.82) is 0 Å². The number of hydrazone groups is 1. The number of carbonyl (C=O) groups is 1. The Morgan fingerprint density at radius 2 is 1.52 bits per heavy atom. The quantitative estimate of drug-likeness (QED) is 0.567. The van der Waals surface area contributed by atoms with Gasteiger partial charge in [0.05, 0.1) is 0 Å². The molecule has 2 rings (SSSR count). The molecule has 0 fully saturated rings. The summed E-state index contributed by atoms with van der Waals surface area (Å²) in [5.74, 6) is 1.74. The molecule has 25 heavy (non-hydrogen) atoms. The molecule has 1 amide bonds. The lowest BCUT2D eigenvalue weighted by Crippen LogP contribution is -2.24. The number of benzene rings is 2. The summed E-state index contributed by atoms with van der Waals surface area (Å²) in [5.41, 5.74) is 6.65. The second-order valence-electron chi connectivity index (χ2n) is 7.06. The fraction of sp³-hybridized carbons (Fsp3) is 0.333. The summed E-state index contributed by atoms with van der Waals surface area (Å²) in [6.45, 7) is 8.13. The molecule has 0 saturated carbocycles. The highest BCUT2D eigenvalue weighted by Gasteiger charge is 2.15. The van der Waals surface area contributed by atoms with Gasteiger partial charge in [-0.3, -0.25) is 4.79 Å². The van der Waals surface area contributed by atoms with E-state index in [1.54, 1.807) is 0 Å². The molecule has 4 heteroatoms. The third-order valence-electron chi connectivity index (χ3n) is 4.01. The largest absolute Gasteiger partial charge is 0.271 e. The molecule has 0 spiro atoms. The van der Waals surface area contributed by atoms with Crippen LogP contribution in [0.25, 0.3) is 0 Å². The van der Waals surface area contributed by atoms with Crippen molar-refractivity contribution in [3.8, 4) is 0 Å². The minimum atomic E-state index is -0.174. The first-order valence-corrected chi connectivity index (χ1v) is 9.57. The molecule has 0 radical (unpaired) electrons. The van der Waals surface area contributed by atoms with Gasteiger partial charge >= 0.3 is 0 Å². The van der Waals surface area contributed by atoms with E-state index in [1.807, 2.05) is 49.0 Å². The smallest absolute Gasteiger partial charge is 0.267 e. The van der Waals surface area contributed by atoms with Crippen LogP contribution in [0, 0.1) is 5.41 Å². The molecule has 0 heterocycles. The topological polar surface area (TPSA) is 41.5 Å². The van der Waals surface area contributed by atoms with Crippen molar-refractivity contribution in [1.82, 2.24) is 5.43 Å². The Labute approximate surface area is 154 Å². The molecule has 0 aliphatic heterocycles. The van der Waals surface area contributed by atoms with E-state index in [4.69, 9.17) is 0 Å². The van der Waals surface area contributed by atoms with Gasteiger partial charge in [-0.05, 0) is 30.2 Å². The normalized spacial score (nSPS) is 12.1. The predicted molar refractivity (Wildman–Crippen MR) is 108 cm³/mol. The van der Waals surface area contributed by atoms with Gasteiger partial charge in [-0.2, -0.15) is 16.9 Å². The van der Waals surface area contributed by atoms with Crippen molar-refractivity contribution in [2.24, 2.45) is 10.5 Å². The zero-order chi connectivity index (χ0) is 18.3. The molecule has 0 bridgehead atoms. The van der Waals surface area contributed by atoms with Crippen molar-refractivity contribution >= 4 is 23.4 Å². The summed E-state index contributed by atoms with van der Waals surface area (Å²) in [6, 6.07) is 18.2. The number of nitrogens with one attached hydrogen (secondary N) is 1.